The fourth-order valence-corrected chi connectivity index (χ4v) is 2.08. The maximum absolute atomic E-state index is 11.9. The molecular weight excluding hydrogens is 282 g/mol. The van der Waals surface area contributed by atoms with Gasteiger partial charge in [-0.25, -0.2) is 0 Å². The van der Waals surface area contributed by atoms with Gasteiger partial charge >= 0.3 is 0 Å². The van der Waals surface area contributed by atoms with Crippen LogP contribution in [0.1, 0.15) is 16.8 Å². The molecule has 1 saturated heterocycles. The molecule has 1 N–H and O–H groups in total. The highest BCUT2D eigenvalue weighted by Crippen LogP contribution is 2.12. The molecule has 1 aliphatic rings. The van der Waals surface area contributed by atoms with Crippen LogP contribution in [0.3, 0.4) is 0 Å². The number of carbonyl (C=O) groups is 2. The van der Waals surface area contributed by atoms with Crippen molar-refractivity contribution < 1.29 is 14.3 Å². The lowest BCUT2D eigenvalue weighted by Crippen LogP contribution is -2.42. The Bertz CT molecular complexity index is 490. The Kier molecular flexibility index (Phi) is 5.31. The van der Waals surface area contributed by atoms with E-state index in [-0.39, 0.29) is 24.8 Å². The number of nitrogens with zero attached hydrogens (tertiary/aromatic N) is 2. The molecule has 1 aliphatic heterocycles. The molecular formula is C13H16ClN3O3. The Morgan fingerprint density at radius 3 is 2.85 bits per heavy atom. The third-order valence-electron chi connectivity index (χ3n) is 3.00. The fourth-order valence-electron chi connectivity index (χ4n) is 1.89. The zero-order valence-electron chi connectivity index (χ0n) is 11.0. The van der Waals surface area contributed by atoms with E-state index in [1.807, 2.05) is 0 Å². The molecule has 2 amide bonds. The fraction of sp³-hybridized carbons (Fsp3) is 0.462. The third kappa shape index (κ3) is 3.91. The maximum atomic E-state index is 11.9. The average molecular weight is 298 g/mol. The van der Waals surface area contributed by atoms with Gasteiger partial charge in [0.15, 0.2) is 0 Å². The van der Waals surface area contributed by atoms with E-state index in [0.29, 0.717) is 36.9 Å². The predicted octanol–water partition coefficient (Wildman–Crippen LogP) is 0.714. The number of halogens is 1. The second kappa shape index (κ2) is 7.21. The normalized spacial score (nSPS) is 14.9. The summed E-state index contributed by atoms with van der Waals surface area (Å²) in [6.45, 7) is 2.65. The number of rotatable bonds is 4. The van der Waals surface area contributed by atoms with Crippen LogP contribution in [0.4, 0.5) is 0 Å². The Labute approximate surface area is 122 Å². The number of hydrogen-bond donors (Lipinski definition) is 1. The number of morpholine rings is 1. The summed E-state index contributed by atoms with van der Waals surface area (Å²) in [4.78, 5) is 29.3. The first-order valence-electron chi connectivity index (χ1n) is 6.41. The first-order chi connectivity index (χ1) is 9.68. The minimum absolute atomic E-state index is 0.0193. The molecule has 0 saturated carbocycles. The van der Waals surface area contributed by atoms with Gasteiger partial charge in [0.2, 0.25) is 5.91 Å². The van der Waals surface area contributed by atoms with Gasteiger partial charge < -0.3 is 15.0 Å². The van der Waals surface area contributed by atoms with E-state index in [4.69, 9.17) is 16.3 Å². The first-order valence-corrected chi connectivity index (χ1v) is 6.79. The smallest absolute Gasteiger partial charge is 0.254 e. The Hall–Kier alpha value is -1.66. The molecule has 0 radical (unpaired) electrons. The molecule has 6 nitrogen and oxygen atoms in total. The molecule has 108 valence electrons. The van der Waals surface area contributed by atoms with Gasteiger partial charge in [-0.05, 0) is 6.07 Å². The molecule has 0 aromatic carbocycles. The van der Waals surface area contributed by atoms with E-state index < -0.39 is 0 Å². The SMILES string of the molecule is O=C(NCCC(=O)N1CCOCC1)c1cnccc1Cl. The van der Waals surface area contributed by atoms with Crippen molar-refractivity contribution in [2.45, 2.75) is 6.42 Å². The molecule has 0 spiro atoms. The van der Waals surface area contributed by atoms with Gasteiger partial charge in [0.05, 0.1) is 23.8 Å². The molecule has 1 fully saturated rings. The van der Waals surface area contributed by atoms with Crippen LogP contribution in [0.25, 0.3) is 0 Å². The summed E-state index contributed by atoms with van der Waals surface area (Å²) in [5.74, 6) is -0.302. The summed E-state index contributed by atoms with van der Waals surface area (Å²) in [7, 11) is 0. The minimum Gasteiger partial charge on any atom is -0.378 e. The van der Waals surface area contributed by atoms with E-state index in [0.717, 1.165) is 0 Å². The average Bonchev–Trinajstić information content (AvgIpc) is 2.48. The summed E-state index contributed by atoms with van der Waals surface area (Å²) in [5.41, 5.74) is 0.313. The molecule has 7 heteroatoms. The van der Waals surface area contributed by atoms with Gasteiger partial charge in [-0.1, -0.05) is 11.6 Å². The minimum atomic E-state index is -0.321. The number of aromatic nitrogens is 1. The standard InChI is InChI=1S/C13H16ClN3O3/c14-11-1-3-15-9-10(11)13(19)16-4-2-12(18)17-5-7-20-8-6-17/h1,3,9H,2,4-8H2,(H,16,19). The Balaban J connectivity index is 1.76. The number of hydrogen-bond acceptors (Lipinski definition) is 4. The van der Waals surface area contributed by atoms with Crippen LogP contribution < -0.4 is 5.32 Å². The van der Waals surface area contributed by atoms with Crippen molar-refractivity contribution in [2.24, 2.45) is 0 Å². The van der Waals surface area contributed by atoms with Crippen LogP contribution in [0.15, 0.2) is 18.5 Å². The van der Waals surface area contributed by atoms with Gasteiger partial charge in [-0.3, -0.25) is 14.6 Å². The number of carbonyl (C=O) groups excluding carboxylic acids is 2. The van der Waals surface area contributed by atoms with Crippen molar-refractivity contribution in [3.05, 3.63) is 29.0 Å². The quantitative estimate of drug-likeness (QED) is 0.888. The van der Waals surface area contributed by atoms with Crippen LogP contribution in [0, 0.1) is 0 Å². The number of amides is 2. The summed E-state index contributed by atoms with van der Waals surface area (Å²) in [6.07, 6.45) is 3.19. The van der Waals surface area contributed by atoms with Gasteiger partial charge in [0, 0.05) is 38.4 Å². The molecule has 0 atom stereocenters. The molecule has 2 rings (SSSR count). The monoisotopic (exact) mass is 297 g/mol. The van der Waals surface area contributed by atoms with Crippen molar-refractivity contribution in [1.82, 2.24) is 15.2 Å². The van der Waals surface area contributed by atoms with E-state index in [1.54, 1.807) is 11.0 Å². The molecule has 0 unspecified atom stereocenters. The molecule has 20 heavy (non-hydrogen) atoms. The third-order valence-corrected chi connectivity index (χ3v) is 3.33. The van der Waals surface area contributed by atoms with Gasteiger partial charge in [-0.2, -0.15) is 0 Å². The maximum Gasteiger partial charge on any atom is 0.254 e. The first kappa shape index (κ1) is 14.7. The van der Waals surface area contributed by atoms with E-state index in [9.17, 15) is 9.59 Å². The second-order valence-corrected chi connectivity index (χ2v) is 4.76. The summed E-state index contributed by atoms with van der Waals surface area (Å²) in [5, 5.41) is 3.01. The molecule has 0 aliphatic carbocycles. The van der Waals surface area contributed by atoms with Gasteiger partial charge in [-0.15, -0.1) is 0 Å². The van der Waals surface area contributed by atoms with Crippen LogP contribution >= 0.6 is 11.6 Å². The zero-order valence-corrected chi connectivity index (χ0v) is 11.7. The van der Waals surface area contributed by atoms with Crippen molar-refractivity contribution >= 4 is 23.4 Å². The Morgan fingerprint density at radius 1 is 1.40 bits per heavy atom. The Morgan fingerprint density at radius 2 is 2.15 bits per heavy atom. The lowest BCUT2D eigenvalue weighted by Gasteiger charge is -2.26. The molecule has 0 bridgehead atoms. The highest BCUT2D eigenvalue weighted by Gasteiger charge is 2.17. The number of pyridine rings is 1. The highest BCUT2D eigenvalue weighted by molar-refractivity contribution is 6.33. The van der Waals surface area contributed by atoms with Crippen molar-refractivity contribution in [1.29, 1.82) is 0 Å². The molecule has 1 aromatic heterocycles. The van der Waals surface area contributed by atoms with Crippen LogP contribution in [-0.4, -0.2) is 54.5 Å². The lowest BCUT2D eigenvalue weighted by molar-refractivity contribution is -0.135. The predicted molar refractivity (Wildman–Crippen MR) is 73.6 cm³/mol. The highest BCUT2D eigenvalue weighted by atomic mass is 35.5. The van der Waals surface area contributed by atoms with Crippen LogP contribution in [0.5, 0.6) is 0 Å². The van der Waals surface area contributed by atoms with E-state index >= 15 is 0 Å². The van der Waals surface area contributed by atoms with Gasteiger partial charge in [0.1, 0.15) is 0 Å². The van der Waals surface area contributed by atoms with Crippen molar-refractivity contribution in [3.63, 3.8) is 0 Å². The summed E-state index contributed by atoms with van der Waals surface area (Å²) >= 11 is 5.89. The topological polar surface area (TPSA) is 71.5 Å². The second-order valence-electron chi connectivity index (χ2n) is 4.35. The number of ether oxygens (including phenoxy) is 1. The summed E-state index contributed by atoms with van der Waals surface area (Å²) < 4.78 is 5.18. The van der Waals surface area contributed by atoms with Gasteiger partial charge in [0.25, 0.3) is 5.91 Å². The van der Waals surface area contributed by atoms with Crippen molar-refractivity contribution in [3.8, 4) is 0 Å². The van der Waals surface area contributed by atoms with E-state index in [1.165, 1.54) is 12.4 Å². The van der Waals surface area contributed by atoms with Crippen molar-refractivity contribution in [2.75, 3.05) is 32.8 Å². The lowest BCUT2D eigenvalue weighted by atomic mass is 10.2. The summed E-state index contributed by atoms with van der Waals surface area (Å²) in [6, 6.07) is 1.55. The number of nitrogens with one attached hydrogen (secondary N) is 1. The zero-order chi connectivity index (χ0) is 14.4. The van der Waals surface area contributed by atoms with Crippen LogP contribution in [-0.2, 0) is 9.53 Å². The largest absolute Gasteiger partial charge is 0.378 e. The van der Waals surface area contributed by atoms with Crippen LogP contribution in [0.2, 0.25) is 5.02 Å². The van der Waals surface area contributed by atoms with E-state index in [2.05, 4.69) is 10.3 Å². The molecule has 2 heterocycles. The molecule has 1 aromatic rings.